The van der Waals surface area contributed by atoms with Crippen LogP contribution in [0.15, 0.2) is 18.2 Å². The zero-order valence-corrected chi connectivity index (χ0v) is 10.2. The molecule has 84 valence electrons. The van der Waals surface area contributed by atoms with Crippen molar-refractivity contribution in [2.24, 2.45) is 0 Å². The second kappa shape index (κ2) is 3.83. The number of nitrogens with zero attached hydrogens (tertiary/aromatic N) is 2. The molecule has 2 heteroatoms. The molecule has 0 spiro atoms. The second-order valence-corrected chi connectivity index (χ2v) is 5.20. The highest BCUT2D eigenvalue weighted by Gasteiger charge is 2.32. The van der Waals surface area contributed by atoms with Crippen LogP contribution in [0.1, 0.15) is 37.8 Å². The van der Waals surface area contributed by atoms with Crippen molar-refractivity contribution in [3.63, 3.8) is 0 Å². The predicted octanol–water partition coefficient (Wildman–Crippen LogP) is 3.25. The number of hydrogen-bond donors (Lipinski definition) is 0. The molecule has 0 saturated carbocycles. The molecule has 0 atom stereocenters. The second-order valence-electron chi connectivity index (χ2n) is 5.20. The Morgan fingerprint density at radius 1 is 1.38 bits per heavy atom. The predicted molar refractivity (Wildman–Crippen MR) is 66.6 cm³/mol. The molecule has 0 aliphatic carbocycles. The summed E-state index contributed by atoms with van der Waals surface area (Å²) in [5, 5.41) is 9.20. The Labute approximate surface area is 97.5 Å². The minimum Gasteiger partial charge on any atom is -0.365 e. The number of anilines is 1. The van der Waals surface area contributed by atoms with Gasteiger partial charge in [0.15, 0.2) is 0 Å². The summed E-state index contributed by atoms with van der Waals surface area (Å²) in [6, 6.07) is 8.46. The molecule has 16 heavy (non-hydrogen) atoms. The first-order valence-corrected chi connectivity index (χ1v) is 5.83. The third kappa shape index (κ3) is 1.78. The minimum absolute atomic E-state index is 0.181. The van der Waals surface area contributed by atoms with Crippen LogP contribution >= 0.6 is 0 Å². The van der Waals surface area contributed by atoms with E-state index in [1.807, 2.05) is 13.0 Å². The molecule has 0 bridgehead atoms. The Morgan fingerprint density at radius 2 is 2.12 bits per heavy atom. The maximum absolute atomic E-state index is 9.20. The summed E-state index contributed by atoms with van der Waals surface area (Å²) in [7, 11) is 0. The zero-order chi connectivity index (χ0) is 11.8. The molecular weight excluding hydrogens is 196 g/mol. The van der Waals surface area contributed by atoms with E-state index in [2.05, 4.69) is 36.9 Å². The quantitative estimate of drug-likeness (QED) is 0.717. The lowest BCUT2D eigenvalue weighted by molar-refractivity contribution is 0.517. The molecule has 0 unspecified atom stereocenters. The van der Waals surface area contributed by atoms with Crippen molar-refractivity contribution in [2.45, 2.75) is 39.2 Å². The molecule has 2 nitrogen and oxygen atoms in total. The third-order valence-electron chi connectivity index (χ3n) is 3.46. The first-order chi connectivity index (χ1) is 7.54. The molecule has 1 saturated heterocycles. The van der Waals surface area contributed by atoms with Crippen LogP contribution in [0.5, 0.6) is 0 Å². The standard InChI is InChI=1S/C14H18N2/c1-11-5-6-13(12(9-11)10-15)16-8-4-7-14(16,2)3/h5-6,9H,4,7-8H2,1-3H3. The number of aryl methyl sites for hydroxylation is 1. The van der Waals surface area contributed by atoms with Crippen LogP contribution in [0.4, 0.5) is 5.69 Å². The van der Waals surface area contributed by atoms with Gasteiger partial charge in [0.1, 0.15) is 6.07 Å². The molecule has 1 aliphatic rings. The summed E-state index contributed by atoms with van der Waals surface area (Å²) in [4.78, 5) is 2.37. The zero-order valence-electron chi connectivity index (χ0n) is 10.2. The molecular formula is C14H18N2. The van der Waals surface area contributed by atoms with Crippen LogP contribution < -0.4 is 4.90 Å². The van der Waals surface area contributed by atoms with Crippen molar-refractivity contribution < 1.29 is 0 Å². The van der Waals surface area contributed by atoms with Gasteiger partial charge in [-0.3, -0.25) is 0 Å². The van der Waals surface area contributed by atoms with Crippen LogP contribution in [-0.4, -0.2) is 12.1 Å². The van der Waals surface area contributed by atoms with Gasteiger partial charge in [-0.2, -0.15) is 5.26 Å². The average molecular weight is 214 g/mol. The van der Waals surface area contributed by atoms with Crippen molar-refractivity contribution in [1.82, 2.24) is 0 Å². The Kier molecular flexibility index (Phi) is 2.63. The topological polar surface area (TPSA) is 27.0 Å². The van der Waals surface area contributed by atoms with Gasteiger partial charge in [-0.15, -0.1) is 0 Å². The Balaban J connectivity index is 2.45. The molecule has 1 aliphatic heterocycles. The molecule has 2 rings (SSSR count). The highest BCUT2D eigenvalue weighted by Crippen LogP contribution is 2.35. The normalized spacial score (nSPS) is 18.5. The lowest BCUT2D eigenvalue weighted by atomic mass is 10.00. The van der Waals surface area contributed by atoms with E-state index in [0.717, 1.165) is 23.4 Å². The third-order valence-corrected chi connectivity index (χ3v) is 3.46. The van der Waals surface area contributed by atoms with Gasteiger partial charge in [0, 0.05) is 12.1 Å². The summed E-state index contributed by atoms with van der Waals surface area (Å²) >= 11 is 0. The summed E-state index contributed by atoms with van der Waals surface area (Å²) in [5.74, 6) is 0. The Morgan fingerprint density at radius 3 is 2.69 bits per heavy atom. The van der Waals surface area contributed by atoms with Crippen molar-refractivity contribution in [1.29, 1.82) is 5.26 Å². The summed E-state index contributed by atoms with van der Waals surface area (Å²) in [6.45, 7) is 7.59. The highest BCUT2D eigenvalue weighted by atomic mass is 15.2. The molecule has 1 heterocycles. The van der Waals surface area contributed by atoms with Crippen LogP contribution in [0, 0.1) is 18.3 Å². The van der Waals surface area contributed by atoms with Crippen LogP contribution in [0.2, 0.25) is 0 Å². The van der Waals surface area contributed by atoms with Gasteiger partial charge in [-0.05, 0) is 51.3 Å². The molecule has 1 aromatic carbocycles. The molecule has 0 N–H and O–H groups in total. The van der Waals surface area contributed by atoms with E-state index in [1.165, 1.54) is 12.8 Å². The molecule has 0 amide bonds. The van der Waals surface area contributed by atoms with E-state index in [1.54, 1.807) is 0 Å². The maximum Gasteiger partial charge on any atom is 0.101 e. The van der Waals surface area contributed by atoms with E-state index >= 15 is 0 Å². The van der Waals surface area contributed by atoms with Crippen LogP contribution in [0.3, 0.4) is 0 Å². The fourth-order valence-corrected chi connectivity index (χ4v) is 2.53. The van der Waals surface area contributed by atoms with Gasteiger partial charge >= 0.3 is 0 Å². The lowest BCUT2D eigenvalue weighted by Gasteiger charge is -2.34. The Bertz CT molecular complexity index is 441. The fourth-order valence-electron chi connectivity index (χ4n) is 2.53. The largest absolute Gasteiger partial charge is 0.365 e. The minimum atomic E-state index is 0.181. The molecule has 1 fully saturated rings. The van der Waals surface area contributed by atoms with Crippen molar-refractivity contribution in [2.75, 3.05) is 11.4 Å². The Hall–Kier alpha value is -1.49. The molecule has 1 aromatic rings. The van der Waals surface area contributed by atoms with Gasteiger partial charge in [0.2, 0.25) is 0 Å². The smallest absolute Gasteiger partial charge is 0.101 e. The SMILES string of the molecule is Cc1ccc(N2CCCC2(C)C)c(C#N)c1. The van der Waals surface area contributed by atoms with Crippen molar-refractivity contribution in [3.05, 3.63) is 29.3 Å². The first-order valence-electron chi connectivity index (χ1n) is 5.83. The lowest BCUT2D eigenvalue weighted by Crippen LogP contribution is -2.38. The number of rotatable bonds is 1. The monoisotopic (exact) mass is 214 g/mol. The molecule has 0 aromatic heterocycles. The van der Waals surface area contributed by atoms with Gasteiger partial charge < -0.3 is 4.90 Å². The summed E-state index contributed by atoms with van der Waals surface area (Å²) < 4.78 is 0. The number of hydrogen-bond acceptors (Lipinski definition) is 2. The van der Waals surface area contributed by atoms with E-state index in [4.69, 9.17) is 0 Å². The van der Waals surface area contributed by atoms with Gasteiger partial charge in [-0.1, -0.05) is 6.07 Å². The average Bonchev–Trinajstić information content (AvgIpc) is 2.58. The van der Waals surface area contributed by atoms with Crippen molar-refractivity contribution in [3.8, 4) is 6.07 Å². The maximum atomic E-state index is 9.20. The fraction of sp³-hybridized carbons (Fsp3) is 0.500. The van der Waals surface area contributed by atoms with E-state index < -0.39 is 0 Å². The van der Waals surface area contributed by atoms with Crippen LogP contribution in [-0.2, 0) is 0 Å². The van der Waals surface area contributed by atoms with Gasteiger partial charge in [0.05, 0.1) is 11.3 Å². The van der Waals surface area contributed by atoms with Crippen LogP contribution in [0.25, 0.3) is 0 Å². The number of benzene rings is 1. The summed E-state index contributed by atoms with van der Waals surface area (Å²) in [5.41, 5.74) is 3.23. The summed E-state index contributed by atoms with van der Waals surface area (Å²) in [6.07, 6.45) is 2.41. The van der Waals surface area contributed by atoms with Gasteiger partial charge in [0.25, 0.3) is 0 Å². The van der Waals surface area contributed by atoms with Crippen molar-refractivity contribution >= 4 is 5.69 Å². The highest BCUT2D eigenvalue weighted by molar-refractivity contribution is 5.62. The first kappa shape index (κ1) is 11.0. The molecule has 0 radical (unpaired) electrons. The number of nitriles is 1. The van der Waals surface area contributed by atoms with E-state index in [-0.39, 0.29) is 5.54 Å². The van der Waals surface area contributed by atoms with E-state index in [0.29, 0.717) is 0 Å². The van der Waals surface area contributed by atoms with E-state index in [9.17, 15) is 5.26 Å². The van der Waals surface area contributed by atoms with Gasteiger partial charge in [-0.25, -0.2) is 0 Å².